The summed E-state index contributed by atoms with van der Waals surface area (Å²) in [4.78, 5) is 16.8. The Labute approximate surface area is 155 Å². The summed E-state index contributed by atoms with van der Waals surface area (Å²) < 4.78 is 38.3. The van der Waals surface area contributed by atoms with Crippen LogP contribution >= 0.6 is 0 Å². The number of alkyl halides is 3. The number of benzene rings is 1. The van der Waals surface area contributed by atoms with Crippen molar-refractivity contribution in [2.75, 3.05) is 6.54 Å². The van der Waals surface area contributed by atoms with Gasteiger partial charge in [0.25, 0.3) is 0 Å². The molecule has 4 rings (SSSR count). The molecule has 0 unspecified atom stereocenters. The number of amides is 1. The monoisotopic (exact) mass is 375 g/mol. The molecule has 2 saturated heterocycles. The van der Waals surface area contributed by atoms with Crippen LogP contribution in [0.2, 0.25) is 0 Å². The summed E-state index contributed by atoms with van der Waals surface area (Å²) in [6, 6.07) is 8.87. The highest BCUT2D eigenvalue weighted by molar-refractivity contribution is 5.88. The molecule has 2 aliphatic rings. The number of hydrogen-bond donors (Lipinski definition) is 2. The lowest BCUT2D eigenvalue weighted by atomic mass is 9.96. The maximum atomic E-state index is 12.8. The molecule has 0 saturated carbocycles. The molecule has 27 heavy (non-hydrogen) atoms. The standard InChI is InChI=1S/C20H20F3N3O/c1-12-10-14(13-2-4-15(5-3-13)20(21,22)23)11-17(25-12)16-6-7-19(26-16)8-9-24-18(19)27/h2-5,10-11,16,26H,6-9H2,1H3,(H,24,27)/t16-,19+/m1/s1. The Hall–Kier alpha value is -2.41. The van der Waals surface area contributed by atoms with Gasteiger partial charge in [-0.2, -0.15) is 13.2 Å². The van der Waals surface area contributed by atoms with E-state index in [1.165, 1.54) is 12.1 Å². The van der Waals surface area contributed by atoms with Crippen molar-refractivity contribution < 1.29 is 18.0 Å². The Morgan fingerprint density at radius 2 is 1.85 bits per heavy atom. The molecule has 2 N–H and O–H groups in total. The Bertz CT molecular complexity index is 879. The Morgan fingerprint density at radius 1 is 1.11 bits per heavy atom. The molecule has 0 aliphatic carbocycles. The first-order valence-electron chi connectivity index (χ1n) is 8.99. The summed E-state index contributed by atoms with van der Waals surface area (Å²) in [5.41, 5.74) is 1.97. The fraction of sp³-hybridized carbons (Fsp3) is 0.400. The minimum Gasteiger partial charge on any atom is -0.354 e. The summed E-state index contributed by atoms with van der Waals surface area (Å²) >= 11 is 0. The third-order valence-corrected chi connectivity index (χ3v) is 5.46. The van der Waals surface area contributed by atoms with Crippen molar-refractivity contribution in [3.05, 3.63) is 53.3 Å². The second kappa shape index (κ2) is 6.34. The van der Waals surface area contributed by atoms with Gasteiger partial charge >= 0.3 is 6.18 Å². The highest BCUT2D eigenvalue weighted by atomic mass is 19.4. The quantitative estimate of drug-likeness (QED) is 0.840. The van der Waals surface area contributed by atoms with Gasteiger partial charge in [-0.1, -0.05) is 12.1 Å². The van der Waals surface area contributed by atoms with Crippen LogP contribution in [-0.4, -0.2) is 23.0 Å². The van der Waals surface area contributed by atoms with Crippen molar-refractivity contribution in [1.82, 2.24) is 15.6 Å². The van der Waals surface area contributed by atoms with Crippen LogP contribution in [0.25, 0.3) is 11.1 Å². The SMILES string of the molecule is Cc1cc(-c2ccc(C(F)(F)F)cc2)cc([C@H]2CC[C@@]3(CCNC3=O)N2)n1. The molecule has 0 radical (unpaired) electrons. The summed E-state index contributed by atoms with van der Waals surface area (Å²) in [5, 5.41) is 6.32. The van der Waals surface area contributed by atoms with Crippen LogP contribution < -0.4 is 10.6 Å². The molecule has 2 fully saturated rings. The second-order valence-corrected chi connectivity index (χ2v) is 7.32. The number of aryl methyl sites for hydroxylation is 1. The fourth-order valence-corrected chi connectivity index (χ4v) is 4.03. The fourth-order valence-electron chi connectivity index (χ4n) is 4.03. The van der Waals surface area contributed by atoms with E-state index in [0.29, 0.717) is 12.1 Å². The normalized spacial score (nSPS) is 25.2. The highest BCUT2D eigenvalue weighted by Gasteiger charge is 2.48. The number of rotatable bonds is 2. The van der Waals surface area contributed by atoms with E-state index in [0.717, 1.165) is 48.3 Å². The van der Waals surface area contributed by atoms with Crippen LogP contribution in [0.5, 0.6) is 0 Å². The predicted molar refractivity (Wildman–Crippen MR) is 94.9 cm³/mol. The van der Waals surface area contributed by atoms with Gasteiger partial charge in [-0.25, -0.2) is 0 Å². The second-order valence-electron chi connectivity index (χ2n) is 7.32. The first-order valence-corrected chi connectivity index (χ1v) is 8.99. The molecule has 1 aromatic carbocycles. The number of halogens is 3. The zero-order valence-electron chi connectivity index (χ0n) is 14.9. The van der Waals surface area contributed by atoms with Gasteiger partial charge in [-0.15, -0.1) is 0 Å². The topological polar surface area (TPSA) is 54.0 Å². The van der Waals surface area contributed by atoms with Gasteiger partial charge in [0.05, 0.1) is 17.3 Å². The van der Waals surface area contributed by atoms with Crippen LogP contribution in [-0.2, 0) is 11.0 Å². The van der Waals surface area contributed by atoms with Gasteiger partial charge < -0.3 is 5.32 Å². The van der Waals surface area contributed by atoms with E-state index >= 15 is 0 Å². The van der Waals surface area contributed by atoms with E-state index in [1.807, 2.05) is 19.1 Å². The van der Waals surface area contributed by atoms with E-state index in [2.05, 4.69) is 15.6 Å². The highest BCUT2D eigenvalue weighted by Crippen LogP contribution is 2.38. The number of carbonyl (C=O) groups excluding carboxylic acids is 1. The number of pyridine rings is 1. The molecule has 3 heterocycles. The van der Waals surface area contributed by atoms with Crippen molar-refractivity contribution in [2.45, 2.75) is 43.9 Å². The minimum absolute atomic E-state index is 0.0399. The zero-order valence-corrected chi connectivity index (χ0v) is 14.9. The average molecular weight is 375 g/mol. The molecule has 1 amide bonds. The van der Waals surface area contributed by atoms with E-state index in [-0.39, 0.29) is 11.9 Å². The molecule has 4 nitrogen and oxygen atoms in total. The largest absolute Gasteiger partial charge is 0.416 e. The Kier molecular flexibility index (Phi) is 4.22. The lowest BCUT2D eigenvalue weighted by molar-refractivity contribution is -0.137. The summed E-state index contributed by atoms with van der Waals surface area (Å²) in [7, 11) is 0. The van der Waals surface area contributed by atoms with Gasteiger partial charge in [-0.05, 0) is 61.6 Å². The molecule has 2 aromatic rings. The van der Waals surface area contributed by atoms with Gasteiger partial charge in [0.1, 0.15) is 5.54 Å². The third-order valence-electron chi connectivity index (χ3n) is 5.46. The van der Waals surface area contributed by atoms with Gasteiger partial charge in [0.15, 0.2) is 0 Å². The van der Waals surface area contributed by atoms with E-state index in [1.54, 1.807) is 0 Å². The zero-order chi connectivity index (χ0) is 19.2. The molecule has 1 aromatic heterocycles. The van der Waals surface area contributed by atoms with Gasteiger partial charge in [0, 0.05) is 12.2 Å². The molecular formula is C20H20F3N3O. The summed E-state index contributed by atoms with van der Waals surface area (Å²) in [6.07, 6.45) is -2.02. The minimum atomic E-state index is -4.35. The van der Waals surface area contributed by atoms with Crippen LogP contribution in [0.4, 0.5) is 13.2 Å². The first-order chi connectivity index (χ1) is 12.8. The van der Waals surface area contributed by atoms with Crippen LogP contribution in [0.15, 0.2) is 36.4 Å². The molecule has 2 aliphatic heterocycles. The number of hydrogen-bond acceptors (Lipinski definition) is 3. The smallest absolute Gasteiger partial charge is 0.354 e. The molecule has 2 atom stereocenters. The maximum Gasteiger partial charge on any atom is 0.416 e. The lowest BCUT2D eigenvalue weighted by Gasteiger charge is -2.22. The number of nitrogens with zero attached hydrogens (tertiary/aromatic N) is 1. The van der Waals surface area contributed by atoms with Crippen LogP contribution in [0, 0.1) is 6.92 Å². The van der Waals surface area contributed by atoms with Crippen LogP contribution in [0.1, 0.15) is 42.3 Å². The Balaban J connectivity index is 1.62. The molecule has 0 bridgehead atoms. The van der Waals surface area contributed by atoms with Crippen molar-refractivity contribution in [2.24, 2.45) is 0 Å². The van der Waals surface area contributed by atoms with Crippen molar-refractivity contribution >= 4 is 5.91 Å². The third kappa shape index (κ3) is 3.32. The van der Waals surface area contributed by atoms with Gasteiger partial charge in [0.2, 0.25) is 5.91 Å². The van der Waals surface area contributed by atoms with Crippen molar-refractivity contribution in [3.8, 4) is 11.1 Å². The number of aromatic nitrogens is 1. The van der Waals surface area contributed by atoms with Crippen molar-refractivity contribution in [3.63, 3.8) is 0 Å². The van der Waals surface area contributed by atoms with E-state index < -0.39 is 17.3 Å². The first kappa shape index (κ1) is 18.0. The summed E-state index contributed by atoms with van der Waals surface area (Å²) in [5.74, 6) is 0.0422. The van der Waals surface area contributed by atoms with Crippen molar-refractivity contribution in [1.29, 1.82) is 0 Å². The molecule has 142 valence electrons. The Morgan fingerprint density at radius 3 is 2.48 bits per heavy atom. The average Bonchev–Trinajstić information content (AvgIpc) is 3.21. The van der Waals surface area contributed by atoms with Crippen LogP contribution in [0.3, 0.4) is 0 Å². The molecular weight excluding hydrogens is 355 g/mol. The molecule has 1 spiro atoms. The van der Waals surface area contributed by atoms with E-state index in [9.17, 15) is 18.0 Å². The predicted octanol–water partition coefficient (Wildman–Crippen LogP) is 3.76. The summed E-state index contributed by atoms with van der Waals surface area (Å²) in [6.45, 7) is 2.54. The molecule has 7 heteroatoms. The number of carbonyl (C=O) groups is 1. The maximum absolute atomic E-state index is 12.8. The number of nitrogens with one attached hydrogen (secondary N) is 2. The van der Waals surface area contributed by atoms with Gasteiger partial charge in [-0.3, -0.25) is 15.1 Å². The van der Waals surface area contributed by atoms with E-state index in [4.69, 9.17) is 0 Å². The lowest BCUT2D eigenvalue weighted by Crippen LogP contribution is -2.47.